The zero-order valence-electron chi connectivity index (χ0n) is 16.8. The van der Waals surface area contributed by atoms with Crippen molar-refractivity contribution in [3.05, 3.63) is 86.0 Å². The first-order chi connectivity index (χ1) is 16.0. The summed E-state index contributed by atoms with van der Waals surface area (Å²) in [5, 5.41) is 17.3. The maximum atomic E-state index is 13.0. The third kappa shape index (κ3) is 4.45. The Kier molecular flexibility index (Phi) is 5.79. The van der Waals surface area contributed by atoms with Crippen LogP contribution in [0, 0.1) is 10.1 Å². The smallest absolute Gasteiger partial charge is 0.323 e. The fourth-order valence-electron chi connectivity index (χ4n) is 3.13. The summed E-state index contributed by atoms with van der Waals surface area (Å²) in [6.07, 6.45) is -2.38. The number of nitro groups is 1. The number of amides is 1. The molecule has 4 rings (SSSR count). The van der Waals surface area contributed by atoms with Gasteiger partial charge in [-0.1, -0.05) is 17.7 Å². The van der Waals surface area contributed by atoms with Crippen LogP contribution in [0.2, 0.25) is 5.02 Å². The molecule has 14 heteroatoms. The summed E-state index contributed by atoms with van der Waals surface area (Å²) < 4.78 is 41.1. The van der Waals surface area contributed by atoms with Gasteiger partial charge < -0.3 is 5.32 Å². The largest absolute Gasteiger partial charge is 0.416 e. The van der Waals surface area contributed by atoms with E-state index in [1.807, 2.05) is 0 Å². The highest BCUT2D eigenvalue weighted by Gasteiger charge is 2.30. The molecule has 2 aromatic carbocycles. The number of aromatic nitrogens is 4. The molecule has 10 nitrogen and oxygen atoms in total. The highest BCUT2D eigenvalue weighted by Crippen LogP contribution is 2.30. The molecule has 0 bridgehead atoms. The zero-order chi connectivity index (χ0) is 24.6. The molecule has 0 radical (unpaired) electrons. The number of hydrogen-bond acceptors (Lipinski definition) is 6. The molecular formula is C20H12ClF3N6O4. The van der Waals surface area contributed by atoms with E-state index >= 15 is 0 Å². The molecule has 2 heterocycles. The number of halogens is 4. The van der Waals surface area contributed by atoms with Gasteiger partial charge in [0.15, 0.2) is 5.65 Å². The standard InChI is InChI=1S/C20H12ClF3N6O4/c21-15-5-4-13(30(33)34)7-16(15)27-17(31)9-28-10-25-18-14(19(28)32)8-26-29(18)12-3-1-2-11(6-12)20(22,23)24/h1-8,10H,9H2,(H,27,31). The second-order valence-electron chi connectivity index (χ2n) is 6.99. The number of benzene rings is 2. The molecule has 0 saturated heterocycles. The van der Waals surface area contributed by atoms with Crippen LogP contribution in [0.15, 0.2) is 59.8 Å². The molecule has 34 heavy (non-hydrogen) atoms. The van der Waals surface area contributed by atoms with Gasteiger partial charge in [0, 0.05) is 12.1 Å². The molecule has 0 aliphatic heterocycles. The minimum Gasteiger partial charge on any atom is -0.323 e. The van der Waals surface area contributed by atoms with Gasteiger partial charge in [-0.2, -0.15) is 18.3 Å². The third-order valence-electron chi connectivity index (χ3n) is 4.72. The Balaban J connectivity index is 1.61. The molecule has 4 aromatic rings. The molecule has 0 unspecified atom stereocenters. The first kappa shape index (κ1) is 22.9. The van der Waals surface area contributed by atoms with E-state index in [1.54, 1.807) is 0 Å². The second-order valence-corrected chi connectivity index (χ2v) is 7.40. The van der Waals surface area contributed by atoms with Crippen LogP contribution in [0.1, 0.15) is 5.56 Å². The number of rotatable bonds is 5. The van der Waals surface area contributed by atoms with Gasteiger partial charge in [-0.25, -0.2) is 9.67 Å². The predicted molar refractivity (Wildman–Crippen MR) is 115 cm³/mol. The van der Waals surface area contributed by atoms with Crippen LogP contribution in [-0.2, 0) is 17.5 Å². The van der Waals surface area contributed by atoms with E-state index in [9.17, 15) is 32.9 Å². The van der Waals surface area contributed by atoms with Crippen molar-refractivity contribution in [2.75, 3.05) is 5.32 Å². The molecule has 0 saturated carbocycles. The van der Waals surface area contributed by atoms with Crippen molar-refractivity contribution < 1.29 is 22.9 Å². The van der Waals surface area contributed by atoms with Crippen LogP contribution in [0.4, 0.5) is 24.5 Å². The number of alkyl halides is 3. The highest BCUT2D eigenvalue weighted by molar-refractivity contribution is 6.33. The summed E-state index contributed by atoms with van der Waals surface area (Å²) in [6, 6.07) is 7.85. The van der Waals surface area contributed by atoms with Gasteiger partial charge in [0.1, 0.15) is 18.3 Å². The van der Waals surface area contributed by atoms with Crippen LogP contribution < -0.4 is 10.9 Å². The molecule has 1 N–H and O–H groups in total. The monoisotopic (exact) mass is 492 g/mol. The lowest BCUT2D eigenvalue weighted by atomic mass is 10.2. The number of nitrogens with one attached hydrogen (secondary N) is 1. The average molecular weight is 493 g/mol. The molecular weight excluding hydrogens is 481 g/mol. The lowest BCUT2D eigenvalue weighted by Gasteiger charge is -2.10. The maximum Gasteiger partial charge on any atom is 0.416 e. The number of anilines is 1. The molecule has 0 spiro atoms. The number of nitro benzene ring substituents is 1. The number of carbonyl (C=O) groups is 1. The van der Waals surface area contributed by atoms with Gasteiger partial charge in [-0.15, -0.1) is 0 Å². The molecule has 0 fully saturated rings. The van der Waals surface area contributed by atoms with Gasteiger partial charge in [0.2, 0.25) is 5.91 Å². The number of carbonyl (C=O) groups excluding carboxylic acids is 1. The van der Waals surface area contributed by atoms with E-state index < -0.39 is 34.7 Å². The maximum absolute atomic E-state index is 13.0. The van der Waals surface area contributed by atoms with Crippen molar-refractivity contribution in [3.63, 3.8) is 0 Å². The average Bonchev–Trinajstić information content (AvgIpc) is 3.21. The molecule has 0 aliphatic carbocycles. The summed E-state index contributed by atoms with van der Waals surface area (Å²) in [7, 11) is 0. The van der Waals surface area contributed by atoms with Crippen molar-refractivity contribution in [3.8, 4) is 5.69 Å². The number of non-ortho nitro benzene ring substituents is 1. The Bertz CT molecular complexity index is 1500. The van der Waals surface area contributed by atoms with Crippen molar-refractivity contribution >= 4 is 39.9 Å². The molecule has 2 aromatic heterocycles. The number of nitrogens with zero attached hydrogens (tertiary/aromatic N) is 5. The van der Waals surface area contributed by atoms with Gasteiger partial charge in [0.05, 0.1) is 33.1 Å². The summed E-state index contributed by atoms with van der Waals surface area (Å²) in [4.78, 5) is 39.5. The van der Waals surface area contributed by atoms with E-state index in [0.29, 0.717) is 0 Å². The Morgan fingerprint density at radius 2 is 1.97 bits per heavy atom. The first-order valence-electron chi connectivity index (χ1n) is 9.39. The summed E-state index contributed by atoms with van der Waals surface area (Å²) in [5.41, 5.74) is -1.81. The first-order valence-corrected chi connectivity index (χ1v) is 9.77. The van der Waals surface area contributed by atoms with Crippen molar-refractivity contribution in [1.29, 1.82) is 0 Å². The van der Waals surface area contributed by atoms with Gasteiger partial charge in [-0.05, 0) is 24.3 Å². The quantitative estimate of drug-likeness (QED) is 0.334. The topological polar surface area (TPSA) is 125 Å². The van der Waals surface area contributed by atoms with Gasteiger partial charge in [-0.3, -0.25) is 24.3 Å². The Hall–Kier alpha value is -4.26. The van der Waals surface area contributed by atoms with E-state index in [0.717, 1.165) is 40.0 Å². The third-order valence-corrected chi connectivity index (χ3v) is 5.05. The Morgan fingerprint density at radius 1 is 1.21 bits per heavy atom. The summed E-state index contributed by atoms with van der Waals surface area (Å²) in [5.74, 6) is -0.712. The van der Waals surface area contributed by atoms with Crippen LogP contribution in [-0.4, -0.2) is 30.2 Å². The van der Waals surface area contributed by atoms with Crippen molar-refractivity contribution in [2.24, 2.45) is 0 Å². The van der Waals surface area contributed by atoms with Crippen molar-refractivity contribution in [2.45, 2.75) is 12.7 Å². The molecule has 0 aliphatic rings. The summed E-state index contributed by atoms with van der Waals surface area (Å²) in [6.45, 7) is -0.504. The zero-order valence-corrected chi connectivity index (χ0v) is 17.5. The van der Waals surface area contributed by atoms with Crippen molar-refractivity contribution in [1.82, 2.24) is 19.3 Å². The summed E-state index contributed by atoms with van der Waals surface area (Å²) >= 11 is 5.96. The van der Waals surface area contributed by atoms with Gasteiger partial charge >= 0.3 is 6.18 Å². The van der Waals surface area contributed by atoms with E-state index in [-0.39, 0.29) is 33.1 Å². The lowest BCUT2D eigenvalue weighted by Crippen LogP contribution is -2.28. The predicted octanol–water partition coefficient (Wildman–Crippen LogP) is 3.80. The number of hydrogen-bond donors (Lipinski definition) is 1. The molecule has 0 atom stereocenters. The Morgan fingerprint density at radius 3 is 2.68 bits per heavy atom. The minimum absolute atomic E-state index is 0.00251. The molecule has 1 amide bonds. The van der Waals surface area contributed by atoms with Crippen LogP contribution in [0.5, 0.6) is 0 Å². The number of fused-ring (bicyclic) bond motifs is 1. The minimum atomic E-state index is -4.56. The SMILES string of the molecule is O=C(Cn1cnc2c(cnn2-c2cccc(C(F)(F)F)c2)c1=O)Nc1cc([N+](=O)[O-])ccc1Cl. The van der Waals surface area contributed by atoms with Gasteiger partial charge in [0.25, 0.3) is 11.2 Å². The van der Waals surface area contributed by atoms with E-state index in [1.165, 1.54) is 24.3 Å². The highest BCUT2D eigenvalue weighted by atomic mass is 35.5. The fourth-order valence-corrected chi connectivity index (χ4v) is 3.30. The van der Waals surface area contributed by atoms with E-state index in [4.69, 9.17) is 11.6 Å². The second kappa shape index (κ2) is 8.59. The van der Waals surface area contributed by atoms with E-state index in [2.05, 4.69) is 15.4 Å². The normalized spacial score (nSPS) is 11.5. The Labute approximate surface area is 192 Å². The van der Waals surface area contributed by atoms with Crippen LogP contribution in [0.3, 0.4) is 0 Å². The van der Waals surface area contributed by atoms with Crippen LogP contribution in [0.25, 0.3) is 16.7 Å². The lowest BCUT2D eigenvalue weighted by molar-refractivity contribution is -0.384. The van der Waals surface area contributed by atoms with Crippen LogP contribution >= 0.6 is 11.6 Å². The molecule has 174 valence electrons. The fraction of sp³-hybridized carbons (Fsp3) is 0.100.